The first-order valence-electron chi connectivity index (χ1n) is 7.73. The maximum absolute atomic E-state index is 12.3. The Balaban J connectivity index is 1.80. The van der Waals surface area contributed by atoms with Crippen molar-refractivity contribution >= 4 is 5.91 Å². The van der Waals surface area contributed by atoms with Crippen LogP contribution in [0.25, 0.3) is 0 Å². The smallest absolute Gasteiger partial charge is 0.224 e. The molecule has 0 bridgehead atoms. The Hall–Kier alpha value is -1.35. The van der Waals surface area contributed by atoms with E-state index in [1.54, 1.807) is 0 Å². The molecule has 0 N–H and O–H groups in total. The van der Waals surface area contributed by atoms with E-state index in [0.717, 1.165) is 32.6 Å². The molecule has 1 amide bonds. The average Bonchev–Trinajstić information content (AvgIpc) is 2.50. The molecule has 0 radical (unpaired) electrons. The Morgan fingerprint density at radius 1 is 1.25 bits per heavy atom. The summed E-state index contributed by atoms with van der Waals surface area (Å²) < 4.78 is 0. The summed E-state index contributed by atoms with van der Waals surface area (Å²) in [5.74, 6) is 0.294. The van der Waals surface area contributed by atoms with E-state index < -0.39 is 0 Å². The van der Waals surface area contributed by atoms with Crippen LogP contribution >= 0.6 is 0 Å². The minimum absolute atomic E-state index is 0.294. The summed E-state index contributed by atoms with van der Waals surface area (Å²) in [6.45, 7) is 5.82. The topological polar surface area (TPSA) is 23.6 Å². The van der Waals surface area contributed by atoms with Gasteiger partial charge in [-0.15, -0.1) is 0 Å². The van der Waals surface area contributed by atoms with Gasteiger partial charge in [-0.3, -0.25) is 4.79 Å². The molecule has 1 aromatic rings. The fourth-order valence-corrected chi connectivity index (χ4v) is 2.69. The molecule has 0 saturated carbocycles. The summed E-state index contributed by atoms with van der Waals surface area (Å²) in [5.41, 5.74) is 2.71. The molecule has 0 saturated heterocycles. The van der Waals surface area contributed by atoms with Crippen LogP contribution in [0.1, 0.15) is 37.3 Å². The van der Waals surface area contributed by atoms with Crippen LogP contribution in [0.3, 0.4) is 0 Å². The fraction of sp³-hybridized carbons (Fsp3) is 0.588. The van der Waals surface area contributed by atoms with Gasteiger partial charge >= 0.3 is 0 Å². The Kier molecular flexibility index (Phi) is 5.60. The van der Waals surface area contributed by atoms with Crippen molar-refractivity contribution in [3.8, 4) is 0 Å². The zero-order valence-corrected chi connectivity index (χ0v) is 12.8. The van der Waals surface area contributed by atoms with Crippen molar-refractivity contribution in [1.82, 2.24) is 9.80 Å². The standard InChI is InChI=1S/C17H26N2O/c1-3-4-11-18(2)12-10-17(20)19-13-9-15-7-5-6-8-16(15)14-19/h5-8H,3-4,9-14H2,1-2H3. The third kappa shape index (κ3) is 4.07. The average molecular weight is 274 g/mol. The molecule has 0 spiro atoms. The van der Waals surface area contributed by atoms with E-state index in [1.807, 2.05) is 4.90 Å². The lowest BCUT2D eigenvalue weighted by Gasteiger charge is -2.29. The van der Waals surface area contributed by atoms with Gasteiger partial charge < -0.3 is 9.80 Å². The van der Waals surface area contributed by atoms with Gasteiger partial charge in [0.05, 0.1) is 0 Å². The fourth-order valence-electron chi connectivity index (χ4n) is 2.69. The highest BCUT2D eigenvalue weighted by Gasteiger charge is 2.20. The number of hydrogen-bond acceptors (Lipinski definition) is 2. The molecule has 3 heteroatoms. The SMILES string of the molecule is CCCCN(C)CCC(=O)N1CCc2ccccc2C1. The molecule has 0 fully saturated rings. The number of carbonyl (C=O) groups excluding carboxylic acids is 1. The Bertz CT molecular complexity index is 444. The predicted octanol–water partition coefficient (Wildman–Crippen LogP) is 2.69. The number of unbranched alkanes of at least 4 members (excludes halogenated alkanes) is 1. The molecular formula is C17H26N2O. The number of nitrogens with zero attached hydrogens (tertiary/aromatic N) is 2. The Labute approximate surface area is 122 Å². The van der Waals surface area contributed by atoms with Gasteiger partial charge in [0.2, 0.25) is 5.91 Å². The third-order valence-corrected chi connectivity index (χ3v) is 4.08. The summed E-state index contributed by atoms with van der Waals surface area (Å²) in [4.78, 5) is 16.6. The van der Waals surface area contributed by atoms with Crippen molar-refractivity contribution in [3.05, 3.63) is 35.4 Å². The normalized spacial score (nSPS) is 14.4. The quantitative estimate of drug-likeness (QED) is 0.796. The monoisotopic (exact) mass is 274 g/mol. The summed E-state index contributed by atoms with van der Waals surface area (Å²) in [6, 6.07) is 8.46. The van der Waals surface area contributed by atoms with E-state index >= 15 is 0 Å². The van der Waals surface area contributed by atoms with Gasteiger partial charge in [-0.1, -0.05) is 37.6 Å². The zero-order valence-electron chi connectivity index (χ0n) is 12.8. The molecular weight excluding hydrogens is 248 g/mol. The van der Waals surface area contributed by atoms with Gasteiger partial charge in [0, 0.05) is 26.1 Å². The van der Waals surface area contributed by atoms with Crippen molar-refractivity contribution in [1.29, 1.82) is 0 Å². The summed E-state index contributed by atoms with van der Waals surface area (Å²) in [7, 11) is 2.11. The Morgan fingerprint density at radius 3 is 2.75 bits per heavy atom. The highest BCUT2D eigenvalue weighted by Crippen LogP contribution is 2.18. The van der Waals surface area contributed by atoms with Crippen LogP contribution in [0.5, 0.6) is 0 Å². The first kappa shape index (κ1) is 15.0. The van der Waals surface area contributed by atoms with Crippen molar-refractivity contribution < 1.29 is 4.79 Å². The molecule has 0 atom stereocenters. The van der Waals surface area contributed by atoms with Crippen LogP contribution in [-0.2, 0) is 17.8 Å². The number of hydrogen-bond donors (Lipinski definition) is 0. The number of carbonyl (C=O) groups is 1. The lowest BCUT2D eigenvalue weighted by Crippen LogP contribution is -2.37. The van der Waals surface area contributed by atoms with Gasteiger partial charge in [-0.2, -0.15) is 0 Å². The molecule has 110 valence electrons. The number of amides is 1. The van der Waals surface area contributed by atoms with E-state index in [0.29, 0.717) is 12.3 Å². The second-order valence-electron chi connectivity index (χ2n) is 5.74. The molecule has 1 aliphatic rings. The molecule has 3 nitrogen and oxygen atoms in total. The highest BCUT2D eigenvalue weighted by molar-refractivity contribution is 5.76. The lowest BCUT2D eigenvalue weighted by atomic mass is 10.00. The van der Waals surface area contributed by atoms with Gasteiger partial charge in [0.25, 0.3) is 0 Å². The summed E-state index contributed by atoms with van der Waals surface area (Å²) in [5, 5.41) is 0. The van der Waals surface area contributed by atoms with Crippen LogP contribution in [0.15, 0.2) is 24.3 Å². The second kappa shape index (κ2) is 7.44. The van der Waals surface area contributed by atoms with Crippen molar-refractivity contribution in [3.63, 3.8) is 0 Å². The van der Waals surface area contributed by atoms with E-state index in [4.69, 9.17) is 0 Å². The molecule has 2 rings (SSSR count). The number of benzene rings is 1. The zero-order chi connectivity index (χ0) is 14.4. The van der Waals surface area contributed by atoms with Crippen LogP contribution in [0, 0.1) is 0 Å². The van der Waals surface area contributed by atoms with Crippen LogP contribution in [0.4, 0.5) is 0 Å². The van der Waals surface area contributed by atoms with E-state index in [-0.39, 0.29) is 0 Å². The number of rotatable bonds is 6. The van der Waals surface area contributed by atoms with Crippen molar-refractivity contribution in [2.75, 3.05) is 26.7 Å². The predicted molar refractivity (Wildman–Crippen MR) is 82.6 cm³/mol. The van der Waals surface area contributed by atoms with Crippen molar-refractivity contribution in [2.45, 2.75) is 39.2 Å². The molecule has 20 heavy (non-hydrogen) atoms. The van der Waals surface area contributed by atoms with E-state index in [2.05, 4.69) is 43.1 Å². The molecule has 0 aliphatic carbocycles. The summed E-state index contributed by atoms with van der Waals surface area (Å²) in [6.07, 6.45) is 4.05. The summed E-state index contributed by atoms with van der Waals surface area (Å²) >= 11 is 0. The first-order valence-corrected chi connectivity index (χ1v) is 7.73. The maximum Gasteiger partial charge on any atom is 0.224 e. The van der Waals surface area contributed by atoms with E-state index in [1.165, 1.54) is 24.0 Å². The Morgan fingerprint density at radius 2 is 2.00 bits per heavy atom. The molecule has 1 aliphatic heterocycles. The van der Waals surface area contributed by atoms with Crippen LogP contribution < -0.4 is 0 Å². The van der Waals surface area contributed by atoms with Crippen LogP contribution in [-0.4, -0.2) is 42.4 Å². The minimum atomic E-state index is 0.294. The molecule has 0 unspecified atom stereocenters. The minimum Gasteiger partial charge on any atom is -0.338 e. The first-order chi connectivity index (χ1) is 9.70. The largest absolute Gasteiger partial charge is 0.338 e. The van der Waals surface area contributed by atoms with E-state index in [9.17, 15) is 4.79 Å². The van der Waals surface area contributed by atoms with Gasteiger partial charge in [-0.25, -0.2) is 0 Å². The van der Waals surface area contributed by atoms with Crippen molar-refractivity contribution in [2.24, 2.45) is 0 Å². The second-order valence-corrected chi connectivity index (χ2v) is 5.74. The highest BCUT2D eigenvalue weighted by atomic mass is 16.2. The molecule has 0 aromatic heterocycles. The van der Waals surface area contributed by atoms with Gasteiger partial charge in [0.1, 0.15) is 0 Å². The lowest BCUT2D eigenvalue weighted by molar-refractivity contribution is -0.132. The third-order valence-electron chi connectivity index (χ3n) is 4.08. The molecule has 1 aromatic carbocycles. The molecule has 1 heterocycles. The maximum atomic E-state index is 12.3. The van der Waals surface area contributed by atoms with Crippen LogP contribution in [0.2, 0.25) is 0 Å². The number of fused-ring (bicyclic) bond motifs is 1. The van der Waals surface area contributed by atoms with Gasteiger partial charge in [-0.05, 0) is 37.6 Å². The van der Waals surface area contributed by atoms with Gasteiger partial charge in [0.15, 0.2) is 0 Å².